The van der Waals surface area contributed by atoms with E-state index in [-0.39, 0.29) is 55.2 Å². The van der Waals surface area contributed by atoms with E-state index in [2.05, 4.69) is 0 Å². The molecule has 0 saturated heterocycles. The van der Waals surface area contributed by atoms with Crippen molar-refractivity contribution < 1.29 is 30.3 Å². The number of anilines is 2. The molecular formula is C24H16Cl4N4O8. The van der Waals surface area contributed by atoms with Crippen LogP contribution in [0.4, 0.5) is 22.7 Å². The molecule has 4 rings (SSSR count). The fourth-order valence-corrected chi connectivity index (χ4v) is 4.39. The molecule has 0 aliphatic rings. The average molecular weight is 630 g/mol. The van der Waals surface area contributed by atoms with E-state index in [4.69, 9.17) is 57.9 Å². The summed E-state index contributed by atoms with van der Waals surface area (Å²) in [6.45, 7) is 0. The Hall–Kier alpha value is -4.36. The van der Waals surface area contributed by atoms with Crippen molar-refractivity contribution in [3.05, 3.63) is 88.9 Å². The number of nitro benzene ring substituents is 2. The number of aromatic hydroxyl groups is 4. The molecule has 0 amide bonds. The number of benzene rings is 4. The van der Waals surface area contributed by atoms with Gasteiger partial charge in [-0.05, 0) is 36.4 Å². The van der Waals surface area contributed by atoms with Crippen LogP contribution in [0.15, 0.2) is 48.5 Å². The van der Waals surface area contributed by atoms with Crippen LogP contribution in [0.3, 0.4) is 0 Å². The molecule has 0 spiro atoms. The van der Waals surface area contributed by atoms with E-state index in [1.165, 1.54) is 24.3 Å². The highest BCUT2D eigenvalue weighted by atomic mass is 35.5. The van der Waals surface area contributed by atoms with E-state index in [0.29, 0.717) is 10.0 Å². The van der Waals surface area contributed by atoms with Crippen LogP contribution in [0.1, 0.15) is 0 Å². The van der Waals surface area contributed by atoms with E-state index in [9.17, 15) is 40.7 Å². The molecule has 0 aromatic heterocycles. The third-order valence-corrected chi connectivity index (χ3v) is 6.16. The fraction of sp³-hybridized carbons (Fsp3) is 0. The Morgan fingerprint density at radius 1 is 0.500 bits per heavy atom. The zero-order valence-electron chi connectivity index (χ0n) is 19.6. The van der Waals surface area contributed by atoms with E-state index in [1.54, 1.807) is 0 Å². The molecule has 0 atom stereocenters. The van der Waals surface area contributed by atoms with Crippen molar-refractivity contribution in [1.29, 1.82) is 0 Å². The number of halogens is 4. The summed E-state index contributed by atoms with van der Waals surface area (Å²) in [4.78, 5) is 20.0. The van der Waals surface area contributed by atoms with Gasteiger partial charge in [-0.25, -0.2) is 0 Å². The number of nitro groups is 2. The molecule has 0 fully saturated rings. The standard InChI is InChI=1S/C12H6Cl2N2O6.C12H10Cl2N2O2/c13-5-1-7(11(17)9(3-5)15(19)20)8-2-6(14)4-10(12(8)18)16(21)22;13-5-1-7(11(17)9(15)3-5)8-2-6(14)4-10(16)12(8)18/h1-4,17-18H;1-4,17-18H,15-16H2. The lowest BCUT2D eigenvalue weighted by Crippen LogP contribution is -1.94. The van der Waals surface area contributed by atoms with E-state index in [1.807, 2.05) is 0 Å². The smallest absolute Gasteiger partial charge is 0.312 e. The Kier molecular flexibility index (Phi) is 8.90. The molecule has 0 aliphatic carbocycles. The Balaban J connectivity index is 0.000000225. The first-order chi connectivity index (χ1) is 18.6. The molecule has 16 heteroatoms. The molecule has 0 aliphatic heterocycles. The molecule has 0 radical (unpaired) electrons. The second-order valence-electron chi connectivity index (χ2n) is 7.94. The predicted molar refractivity (Wildman–Crippen MR) is 153 cm³/mol. The largest absolute Gasteiger partial charge is 0.505 e. The quantitative estimate of drug-likeness (QED) is 0.0580. The van der Waals surface area contributed by atoms with Crippen LogP contribution in [0.5, 0.6) is 23.0 Å². The van der Waals surface area contributed by atoms with Crippen molar-refractivity contribution in [3.63, 3.8) is 0 Å². The first kappa shape index (κ1) is 30.2. The van der Waals surface area contributed by atoms with Crippen LogP contribution in [-0.2, 0) is 0 Å². The molecule has 208 valence electrons. The van der Waals surface area contributed by atoms with Gasteiger partial charge in [0.2, 0.25) is 11.5 Å². The highest BCUT2D eigenvalue weighted by Gasteiger charge is 2.26. The first-order valence-electron chi connectivity index (χ1n) is 10.5. The van der Waals surface area contributed by atoms with Crippen LogP contribution >= 0.6 is 46.4 Å². The maximum Gasteiger partial charge on any atom is 0.312 e. The van der Waals surface area contributed by atoms with Crippen molar-refractivity contribution in [2.24, 2.45) is 0 Å². The molecule has 4 aromatic rings. The fourth-order valence-electron chi connectivity index (χ4n) is 3.51. The van der Waals surface area contributed by atoms with Crippen molar-refractivity contribution in [3.8, 4) is 45.3 Å². The van der Waals surface area contributed by atoms with Gasteiger partial charge < -0.3 is 31.9 Å². The number of phenolic OH excluding ortho intramolecular Hbond substituents is 4. The van der Waals surface area contributed by atoms with Crippen molar-refractivity contribution in [2.75, 3.05) is 11.5 Å². The van der Waals surface area contributed by atoms with Crippen molar-refractivity contribution in [2.45, 2.75) is 0 Å². The lowest BCUT2D eigenvalue weighted by Gasteiger charge is -2.11. The highest BCUT2D eigenvalue weighted by Crippen LogP contribution is 2.47. The first-order valence-corrected chi connectivity index (χ1v) is 12.0. The molecule has 4 aromatic carbocycles. The van der Waals surface area contributed by atoms with Gasteiger partial charge in [0.05, 0.1) is 21.2 Å². The number of rotatable bonds is 4. The predicted octanol–water partition coefficient (Wildman–Crippen LogP) is 7.12. The highest BCUT2D eigenvalue weighted by molar-refractivity contribution is 6.33. The minimum atomic E-state index is -0.874. The summed E-state index contributed by atoms with van der Waals surface area (Å²) in [6.07, 6.45) is 0. The number of hydrogen-bond acceptors (Lipinski definition) is 10. The zero-order valence-corrected chi connectivity index (χ0v) is 22.6. The minimum Gasteiger partial charge on any atom is -0.505 e. The molecule has 0 bridgehead atoms. The van der Waals surface area contributed by atoms with Gasteiger partial charge in [-0.3, -0.25) is 20.2 Å². The van der Waals surface area contributed by atoms with Crippen LogP contribution < -0.4 is 11.5 Å². The monoisotopic (exact) mass is 628 g/mol. The normalized spacial score (nSPS) is 10.5. The van der Waals surface area contributed by atoms with Crippen LogP contribution in [0.25, 0.3) is 22.3 Å². The van der Waals surface area contributed by atoms with E-state index >= 15 is 0 Å². The Bertz CT molecular complexity index is 1560. The lowest BCUT2D eigenvalue weighted by atomic mass is 10.0. The van der Waals surface area contributed by atoms with Crippen molar-refractivity contribution in [1.82, 2.24) is 0 Å². The summed E-state index contributed by atoms with van der Waals surface area (Å²) >= 11 is 23.2. The third kappa shape index (κ3) is 6.26. The maximum absolute atomic E-state index is 10.9. The van der Waals surface area contributed by atoms with Gasteiger partial charge >= 0.3 is 11.4 Å². The van der Waals surface area contributed by atoms with Crippen LogP contribution in [0, 0.1) is 20.2 Å². The number of nitrogen functional groups attached to an aromatic ring is 2. The summed E-state index contributed by atoms with van der Waals surface area (Å²) in [6, 6.07) is 9.83. The second-order valence-corrected chi connectivity index (χ2v) is 9.68. The van der Waals surface area contributed by atoms with Gasteiger partial charge in [-0.1, -0.05) is 46.4 Å². The van der Waals surface area contributed by atoms with E-state index in [0.717, 1.165) is 24.3 Å². The number of hydrogen-bond donors (Lipinski definition) is 6. The van der Waals surface area contributed by atoms with Crippen molar-refractivity contribution >= 4 is 69.2 Å². The summed E-state index contributed by atoms with van der Waals surface area (Å²) < 4.78 is 0. The molecule has 12 nitrogen and oxygen atoms in total. The summed E-state index contributed by atoms with van der Waals surface area (Å²) in [5, 5.41) is 61.9. The van der Waals surface area contributed by atoms with Gasteiger partial charge in [-0.2, -0.15) is 0 Å². The molecule has 0 heterocycles. The second kappa shape index (κ2) is 11.8. The topological polar surface area (TPSA) is 219 Å². The van der Waals surface area contributed by atoms with E-state index < -0.39 is 32.7 Å². The zero-order chi connectivity index (χ0) is 30.0. The van der Waals surface area contributed by atoms with Gasteiger partial charge in [0.15, 0.2) is 0 Å². The number of nitrogens with zero attached hydrogens (tertiary/aromatic N) is 2. The van der Waals surface area contributed by atoms with Crippen LogP contribution in [0.2, 0.25) is 20.1 Å². The molecule has 0 unspecified atom stereocenters. The maximum atomic E-state index is 10.9. The molecule has 0 saturated carbocycles. The number of nitrogens with two attached hydrogens (primary N) is 2. The summed E-state index contributed by atoms with van der Waals surface area (Å²) in [5.74, 6) is -1.95. The molecule has 40 heavy (non-hydrogen) atoms. The Morgan fingerprint density at radius 2 is 0.750 bits per heavy atom. The van der Waals surface area contributed by atoms with Crippen LogP contribution in [-0.4, -0.2) is 30.3 Å². The Labute approximate surface area is 244 Å². The van der Waals surface area contributed by atoms with Gasteiger partial charge in [0.1, 0.15) is 11.5 Å². The average Bonchev–Trinajstić information content (AvgIpc) is 2.86. The minimum absolute atomic E-state index is 0.0958. The summed E-state index contributed by atoms with van der Waals surface area (Å²) in [7, 11) is 0. The molecular weight excluding hydrogens is 614 g/mol. The van der Waals surface area contributed by atoms with Gasteiger partial charge in [-0.15, -0.1) is 0 Å². The summed E-state index contributed by atoms with van der Waals surface area (Å²) in [5.41, 5.74) is 10.1. The third-order valence-electron chi connectivity index (χ3n) is 5.29. The lowest BCUT2D eigenvalue weighted by molar-refractivity contribution is -0.386. The number of phenols is 4. The SMILES string of the molecule is Nc1cc(Cl)cc(-c2cc(Cl)cc(N)c2O)c1O.O=[N+]([O-])c1cc(Cl)cc(-c2cc(Cl)cc([N+](=O)[O-])c2O)c1O. The molecule has 8 N–H and O–H groups in total. The Morgan fingerprint density at radius 3 is 1.02 bits per heavy atom. The van der Waals surface area contributed by atoms with Gasteiger partial charge in [0.25, 0.3) is 0 Å². The van der Waals surface area contributed by atoms with Gasteiger partial charge in [0, 0.05) is 54.5 Å².